The molecule has 5 aliphatic rings. The normalized spacial score (nSPS) is 35.8. The predicted molar refractivity (Wildman–Crippen MR) is 170 cm³/mol. The van der Waals surface area contributed by atoms with Crippen LogP contribution < -0.4 is 10.6 Å². The summed E-state index contributed by atoms with van der Waals surface area (Å²) in [6.07, 6.45) is 11.7. The van der Waals surface area contributed by atoms with E-state index in [0.717, 1.165) is 49.7 Å². The number of benzene rings is 1. The van der Waals surface area contributed by atoms with Crippen molar-refractivity contribution in [3.05, 3.63) is 36.4 Å². The van der Waals surface area contributed by atoms with Gasteiger partial charge in [0.15, 0.2) is 0 Å². The fraction of sp³-hybridized carbons (Fsp3) is 0.676. The topological polar surface area (TPSA) is 91.0 Å². The second kappa shape index (κ2) is 12.6. The highest BCUT2D eigenvalue weighted by Crippen LogP contribution is 2.55. The van der Waals surface area contributed by atoms with E-state index in [0.29, 0.717) is 24.1 Å². The van der Waals surface area contributed by atoms with Crippen LogP contribution in [-0.2, 0) is 19.1 Å². The third-order valence-corrected chi connectivity index (χ3v) is 11.8. The highest BCUT2D eigenvalue weighted by atomic mass is 32.2. The number of fused-ring (bicyclic) bond motifs is 1. The summed E-state index contributed by atoms with van der Waals surface area (Å²) < 4.78 is 6.57. The fourth-order valence-electron chi connectivity index (χ4n) is 8.23. The zero-order valence-electron chi connectivity index (χ0n) is 26.1. The van der Waals surface area contributed by atoms with E-state index >= 15 is 0 Å². The lowest BCUT2D eigenvalue weighted by Crippen LogP contribution is -2.58. The minimum atomic E-state index is -1.13. The number of carbonyl (C=O) groups excluding carboxylic acids is 3. The summed E-state index contributed by atoms with van der Waals surface area (Å²) in [5.41, 5.74) is -0.426. The lowest BCUT2D eigenvalue weighted by molar-refractivity contribution is -0.141. The Labute approximate surface area is 260 Å². The molecule has 6 rings (SSSR count). The fourth-order valence-corrected chi connectivity index (χ4v) is 8.69. The van der Waals surface area contributed by atoms with E-state index in [1.807, 2.05) is 42.7 Å². The van der Waals surface area contributed by atoms with E-state index < -0.39 is 29.6 Å². The Balaban J connectivity index is 1.24. The van der Waals surface area contributed by atoms with Gasteiger partial charge < -0.3 is 25.2 Å². The standard InChI is InChI=1S/C34H48N4O4S/c1-21-13-18-37(19-14-21)16-7-17-38-30(32(40)36-26-11-5-8-22(2)23(26)3)34-15-12-27(42-34)28(29(34)33(38)41)31(39)35-24-9-6-10-25(20-24)43-4/h6,9-10,12,15,20-23,26-30H,5,7-8,11,13-14,16-19H2,1-4H3,(H,35,39)(H,36,40). The van der Waals surface area contributed by atoms with Gasteiger partial charge in [-0.3, -0.25) is 14.4 Å². The molecule has 0 aromatic heterocycles. The SMILES string of the molecule is CSc1cccc(NC(=O)C2C3C=CC4(O3)C2C(=O)N(CCCN2CCC(C)CC2)C4C(=O)NC2CCCC(C)C2C)c1. The number of hydrogen-bond donors (Lipinski definition) is 2. The molecule has 1 saturated carbocycles. The van der Waals surface area contributed by atoms with Crippen LogP contribution in [0.1, 0.15) is 59.3 Å². The largest absolute Gasteiger partial charge is 0.359 e. The van der Waals surface area contributed by atoms with Gasteiger partial charge in [-0.2, -0.15) is 0 Å². The number of hydrogen-bond acceptors (Lipinski definition) is 6. The van der Waals surface area contributed by atoms with Gasteiger partial charge >= 0.3 is 0 Å². The van der Waals surface area contributed by atoms with Crippen molar-refractivity contribution in [2.45, 2.75) is 88.0 Å². The number of likely N-dealkylation sites (tertiary alicyclic amines) is 2. The Hall–Kier alpha value is -2.36. The third kappa shape index (κ3) is 5.77. The first-order chi connectivity index (χ1) is 20.7. The third-order valence-electron chi connectivity index (χ3n) is 11.0. The van der Waals surface area contributed by atoms with Gasteiger partial charge in [0.2, 0.25) is 17.7 Å². The van der Waals surface area contributed by atoms with Gasteiger partial charge in [-0.05, 0) is 87.5 Å². The van der Waals surface area contributed by atoms with Crippen LogP contribution in [-0.4, -0.2) is 83.7 Å². The quantitative estimate of drug-likeness (QED) is 0.316. The van der Waals surface area contributed by atoms with Crippen molar-refractivity contribution in [2.75, 3.05) is 37.8 Å². The van der Waals surface area contributed by atoms with Crippen LogP contribution in [0.2, 0.25) is 0 Å². The summed E-state index contributed by atoms with van der Waals surface area (Å²) in [4.78, 5) is 47.7. The van der Waals surface area contributed by atoms with Crippen LogP contribution in [0.25, 0.3) is 0 Å². The van der Waals surface area contributed by atoms with Crippen molar-refractivity contribution in [1.82, 2.24) is 15.1 Å². The summed E-state index contributed by atoms with van der Waals surface area (Å²) in [6, 6.07) is 7.01. The second-order valence-electron chi connectivity index (χ2n) is 13.7. The molecule has 3 amide bonds. The molecule has 8 unspecified atom stereocenters. The molecule has 3 saturated heterocycles. The number of rotatable bonds is 9. The van der Waals surface area contributed by atoms with E-state index in [9.17, 15) is 14.4 Å². The minimum absolute atomic E-state index is 0.0735. The van der Waals surface area contributed by atoms with Crippen molar-refractivity contribution in [2.24, 2.45) is 29.6 Å². The molecule has 1 aromatic rings. The number of nitrogens with one attached hydrogen (secondary N) is 2. The van der Waals surface area contributed by atoms with Crippen LogP contribution in [0.5, 0.6) is 0 Å². The van der Waals surface area contributed by atoms with Gasteiger partial charge in [0.25, 0.3) is 0 Å². The highest BCUT2D eigenvalue weighted by molar-refractivity contribution is 7.98. The van der Waals surface area contributed by atoms with Gasteiger partial charge in [0, 0.05) is 23.2 Å². The molecule has 9 heteroatoms. The number of carbonyl (C=O) groups is 3. The van der Waals surface area contributed by atoms with Gasteiger partial charge in [0.1, 0.15) is 11.6 Å². The Kier molecular flexibility index (Phi) is 8.96. The molecule has 2 bridgehead atoms. The van der Waals surface area contributed by atoms with Crippen LogP contribution in [0, 0.1) is 29.6 Å². The molecule has 1 aromatic carbocycles. The lowest BCUT2D eigenvalue weighted by atomic mass is 9.73. The van der Waals surface area contributed by atoms with E-state index in [-0.39, 0.29) is 23.8 Å². The van der Waals surface area contributed by atoms with E-state index in [1.165, 1.54) is 19.3 Å². The van der Waals surface area contributed by atoms with Gasteiger partial charge in [-0.25, -0.2) is 0 Å². The Morgan fingerprint density at radius 3 is 2.63 bits per heavy atom. The molecule has 8 nitrogen and oxygen atoms in total. The molecular weight excluding hydrogens is 560 g/mol. The zero-order valence-corrected chi connectivity index (χ0v) is 26.9. The van der Waals surface area contributed by atoms with E-state index in [2.05, 4.69) is 36.3 Å². The van der Waals surface area contributed by atoms with Crippen LogP contribution in [0.3, 0.4) is 0 Å². The minimum Gasteiger partial charge on any atom is -0.359 e. The van der Waals surface area contributed by atoms with Gasteiger partial charge in [-0.15, -0.1) is 11.8 Å². The van der Waals surface area contributed by atoms with Crippen molar-refractivity contribution in [1.29, 1.82) is 0 Å². The number of nitrogens with zero attached hydrogens (tertiary/aromatic N) is 2. The molecule has 4 heterocycles. The molecule has 1 aliphatic carbocycles. The molecule has 8 atom stereocenters. The molecule has 4 fully saturated rings. The molecule has 2 N–H and O–H groups in total. The molecular formula is C34H48N4O4S. The highest BCUT2D eigenvalue weighted by Gasteiger charge is 2.72. The molecule has 43 heavy (non-hydrogen) atoms. The number of thioether (sulfide) groups is 1. The number of anilines is 1. The summed E-state index contributed by atoms with van der Waals surface area (Å²) in [5.74, 6) is -0.257. The first-order valence-electron chi connectivity index (χ1n) is 16.4. The summed E-state index contributed by atoms with van der Waals surface area (Å²) in [6.45, 7) is 10.3. The maximum absolute atomic E-state index is 14.3. The first-order valence-corrected chi connectivity index (χ1v) is 17.6. The Bertz CT molecular complexity index is 1250. The molecule has 234 valence electrons. The maximum atomic E-state index is 14.3. The monoisotopic (exact) mass is 608 g/mol. The van der Waals surface area contributed by atoms with Crippen molar-refractivity contribution < 1.29 is 19.1 Å². The predicted octanol–water partition coefficient (Wildman–Crippen LogP) is 4.56. The average molecular weight is 609 g/mol. The second-order valence-corrected chi connectivity index (χ2v) is 14.6. The maximum Gasteiger partial charge on any atom is 0.246 e. The summed E-state index contributed by atoms with van der Waals surface area (Å²) >= 11 is 1.61. The smallest absolute Gasteiger partial charge is 0.246 e. The van der Waals surface area contributed by atoms with Crippen molar-refractivity contribution in [3.8, 4) is 0 Å². The lowest BCUT2D eigenvalue weighted by Gasteiger charge is -2.38. The van der Waals surface area contributed by atoms with Crippen molar-refractivity contribution >= 4 is 35.2 Å². The zero-order chi connectivity index (χ0) is 30.3. The Morgan fingerprint density at radius 1 is 1.07 bits per heavy atom. The van der Waals surface area contributed by atoms with Gasteiger partial charge in [0.05, 0.1) is 17.9 Å². The van der Waals surface area contributed by atoms with E-state index in [4.69, 9.17) is 4.74 Å². The summed E-state index contributed by atoms with van der Waals surface area (Å²) in [5, 5.41) is 6.42. The summed E-state index contributed by atoms with van der Waals surface area (Å²) in [7, 11) is 0. The number of ether oxygens (including phenoxy) is 1. The van der Waals surface area contributed by atoms with Crippen LogP contribution in [0.4, 0.5) is 5.69 Å². The molecule has 1 spiro atoms. The number of amides is 3. The van der Waals surface area contributed by atoms with E-state index in [1.54, 1.807) is 16.7 Å². The average Bonchev–Trinajstić information content (AvgIpc) is 3.64. The first kappa shape index (κ1) is 30.7. The van der Waals surface area contributed by atoms with Crippen LogP contribution >= 0.6 is 11.8 Å². The van der Waals surface area contributed by atoms with Crippen molar-refractivity contribution in [3.63, 3.8) is 0 Å². The number of piperidine rings is 1. The van der Waals surface area contributed by atoms with Crippen LogP contribution in [0.15, 0.2) is 41.3 Å². The molecule has 4 aliphatic heterocycles. The molecule has 0 radical (unpaired) electrons. The Morgan fingerprint density at radius 2 is 1.86 bits per heavy atom. The van der Waals surface area contributed by atoms with Gasteiger partial charge in [-0.1, -0.05) is 51.8 Å².